The lowest BCUT2D eigenvalue weighted by Gasteiger charge is -2.32. The quantitative estimate of drug-likeness (QED) is 0.452. The minimum absolute atomic E-state index is 0.125. The Kier molecular flexibility index (Phi) is 6.96. The maximum Gasteiger partial charge on any atom is 0.303 e. The van der Waals surface area contributed by atoms with Crippen molar-refractivity contribution < 1.29 is 29.7 Å². The van der Waals surface area contributed by atoms with Gasteiger partial charge in [0, 0.05) is 24.8 Å². The number of carbonyl (C=O) groups is 3. The van der Waals surface area contributed by atoms with Gasteiger partial charge in [0.05, 0.1) is 0 Å². The third kappa shape index (κ3) is 6.85. The van der Waals surface area contributed by atoms with Crippen molar-refractivity contribution in [3.63, 3.8) is 0 Å². The molecule has 0 saturated carbocycles. The van der Waals surface area contributed by atoms with Crippen molar-refractivity contribution in [1.29, 1.82) is 0 Å². The molecular weight excluding hydrogens is 242 g/mol. The lowest BCUT2D eigenvalue weighted by Crippen LogP contribution is -2.44. The molecule has 0 aliphatic heterocycles. The summed E-state index contributed by atoms with van der Waals surface area (Å²) in [4.78, 5) is 31.7. The Morgan fingerprint density at radius 3 is 1.28 bits per heavy atom. The summed E-state index contributed by atoms with van der Waals surface area (Å²) in [7, 11) is 1.59. The van der Waals surface area contributed by atoms with Gasteiger partial charge in [-0.2, -0.15) is 0 Å². The standard InChI is InChI=1S/C11H19NO6/c1-12-11(5-2-8(13)14,6-3-9(15)16)7-4-10(17)18/h12H,2-7H2,1H3,(H,13,14)(H,15,16)(H,17,18). The highest BCUT2D eigenvalue weighted by Crippen LogP contribution is 2.25. The Morgan fingerprint density at radius 1 is 0.833 bits per heavy atom. The predicted octanol–water partition coefficient (Wildman–Crippen LogP) is 0.539. The highest BCUT2D eigenvalue weighted by molar-refractivity contribution is 5.68. The SMILES string of the molecule is CNC(CCC(=O)O)(CCC(=O)O)CCC(=O)O. The van der Waals surface area contributed by atoms with Gasteiger partial charge in [0.25, 0.3) is 0 Å². The smallest absolute Gasteiger partial charge is 0.303 e. The average molecular weight is 261 g/mol. The molecule has 0 aliphatic rings. The minimum Gasteiger partial charge on any atom is -0.481 e. The van der Waals surface area contributed by atoms with E-state index in [1.54, 1.807) is 7.05 Å². The van der Waals surface area contributed by atoms with Crippen molar-refractivity contribution >= 4 is 17.9 Å². The molecule has 0 saturated heterocycles. The van der Waals surface area contributed by atoms with Crippen LogP contribution in [0.15, 0.2) is 0 Å². The molecule has 0 radical (unpaired) electrons. The van der Waals surface area contributed by atoms with Crippen LogP contribution in [0, 0.1) is 0 Å². The molecular formula is C11H19NO6. The molecule has 0 aromatic rings. The van der Waals surface area contributed by atoms with E-state index in [1.165, 1.54) is 0 Å². The summed E-state index contributed by atoms with van der Waals surface area (Å²) in [6, 6.07) is 0. The largest absolute Gasteiger partial charge is 0.481 e. The van der Waals surface area contributed by atoms with Gasteiger partial charge in [-0.15, -0.1) is 0 Å². The van der Waals surface area contributed by atoms with Crippen LogP contribution in [0.5, 0.6) is 0 Å². The van der Waals surface area contributed by atoms with Gasteiger partial charge in [-0.25, -0.2) is 0 Å². The summed E-state index contributed by atoms with van der Waals surface area (Å²) >= 11 is 0. The molecule has 0 atom stereocenters. The van der Waals surface area contributed by atoms with Crippen molar-refractivity contribution in [2.45, 2.75) is 44.1 Å². The summed E-state index contributed by atoms with van der Waals surface area (Å²) in [6.07, 6.45) is 0.248. The number of nitrogens with one attached hydrogen (secondary N) is 1. The van der Waals surface area contributed by atoms with Crippen molar-refractivity contribution in [1.82, 2.24) is 5.32 Å². The van der Waals surface area contributed by atoms with Crippen LogP contribution in [-0.2, 0) is 14.4 Å². The summed E-state index contributed by atoms with van der Waals surface area (Å²) in [5.74, 6) is -2.96. The number of carboxylic acid groups (broad SMARTS) is 3. The average Bonchev–Trinajstić information content (AvgIpc) is 2.28. The molecule has 0 unspecified atom stereocenters. The molecule has 18 heavy (non-hydrogen) atoms. The second-order valence-corrected chi connectivity index (χ2v) is 4.21. The van der Waals surface area contributed by atoms with Gasteiger partial charge >= 0.3 is 17.9 Å². The minimum atomic E-state index is -0.986. The molecule has 0 fully saturated rings. The van der Waals surface area contributed by atoms with Crippen molar-refractivity contribution in [2.75, 3.05) is 7.05 Å². The lowest BCUT2D eigenvalue weighted by atomic mass is 9.84. The third-order valence-electron chi connectivity index (χ3n) is 2.98. The first-order valence-corrected chi connectivity index (χ1v) is 5.65. The van der Waals surface area contributed by atoms with Crippen molar-refractivity contribution in [3.8, 4) is 0 Å². The lowest BCUT2D eigenvalue weighted by molar-refractivity contribution is -0.137. The van der Waals surface area contributed by atoms with Gasteiger partial charge in [-0.3, -0.25) is 14.4 Å². The van der Waals surface area contributed by atoms with Gasteiger partial charge in [0.2, 0.25) is 0 Å². The van der Waals surface area contributed by atoms with Gasteiger partial charge in [0.15, 0.2) is 0 Å². The number of rotatable bonds is 10. The van der Waals surface area contributed by atoms with Crippen LogP contribution < -0.4 is 5.32 Å². The normalized spacial score (nSPS) is 11.2. The molecule has 0 bridgehead atoms. The molecule has 0 rings (SSSR count). The fraction of sp³-hybridized carbons (Fsp3) is 0.727. The molecule has 0 aromatic heterocycles. The fourth-order valence-electron chi connectivity index (χ4n) is 1.79. The molecule has 0 spiro atoms. The highest BCUT2D eigenvalue weighted by Gasteiger charge is 2.30. The Morgan fingerprint density at radius 2 is 1.11 bits per heavy atom. The van der Waals surface area contributed by atoms with E-state index in [4.69, 9.17) is 15.3 Å². The molecule has 0 heterocycles. The van der Waals surface area contributed by atoms with Gasteiger partial charge in [-0.05, 0) is 26.3 Å². The zero-order valence-corrected chi connectivity index (χ0v) is 10.3. The first-order chi connectivity index (χ1) is 8.31. The first-order valence-electron chi connectivity index (χ1n) is 5.65. The maximum absolute atomic E-state index is 10.6. The number of hydrogen-bond acceptors (Lipinski definition) is 4. The molecule has 104 valence electrons. The molecule has 0 aliphatic carbocycles. The fourth-order valence-corrected chi connectivity index (χ4v) is 1.79. The molecule has 7 heteroatoms. The Bertz CT molecular complexity index is 269. The van der Waals surface area contributed by atoms with Crippen LogP contribution in [0.4, 0.5) is 0 Å². The molecule has 0 aromatic carbocycles. The second-order valence-electron chi connectivity index (χ2n) is 4.21. The Hall–Kier alpha value is -1.63. The van der Waals surface area contributed by atoms with E-state index in [0.29, 0.717) is 0 Å². The summed E-state index contributed by atoms with van der Waals surface area (Å²) in [6.45, 7) is 0. The van der Waals surface area contributed by atoms with Crippen LogP contribution in [0.25, 0.3) is 0 Å². The zero-order valence-electron chi connectivity index (χ0n) is 10.3. The van der Waals surface area contributed by atoms with Crippen LogP contribution in [0.3, 0.4) is 0 Å². The van der Waals surface area contributed by atoms with Gasteiger partial charge < -0.3 is 20.6 Å². The van der Waals surface area contributed by atoms with Crippen LogP contribution in [0.1, 0.15) is 38.5 Å². The maximum atomic E-state index is 10.6. The highest BCUT2D eigenvalue weighted by atomic mass is 16.4. The van der Waals surface area contributed by atoms with Crippen molar-refractivity contribution in [2.24, 2.45) is 0 Å². The third-order valence-corrected chi connectivity index (χ3v) is 2.98. The summed E-state index contributed by atoms with van der Waals surface area (Å²) in [5, 5.41) is 28.9. The number of carboxylic acids is 3. The number of hydrogen-bond donors (Lipinski definition) is 4. The monoisotopic (exact) mass is 261 g/mol. The van der Waals surface area contributed by atoms with E-state index in [2.05, 4.69) is 5.32 Å². The van der Waals surface area contributed by atoms with Gasteiger partial charge in [-0.1, -0.05) is 0 Å². The van der Waals surface area contributed by atoms with Gasteiger partial charge in [0.1, 0.15) is 0 Å². The van der Waals surface area contributed by atoms with E-state index in [9.17, 15) is 14.4 Å². The Balaban J connectivity index is 4.63. The first kappa shape index (κ1) is 16.4. The van der Waals surface area contributed by atoms with E-state index in [1.807, 2.05) is 0 Å². The second kappa shape index (κ2) is 7.65. The van der Waals surface area contributed by atoms with E-state index in [-0.39, 0.29) is 38.5 Å². The van der Waals surface area contributed by atoms with E-state index in [0.717, 1.165) is 0 Å². The predicted molar refractivity (Wildman–Crippen MR) is 62.4 cm³/mol. The Labute approximate surface area is 105 Å². The van der Waals surface area contributed by atoms with E-state index < -0.39 is 23.4 Å². The topological polar surface area (TPSA) is 124 Å². The molecule has 7 nitrogen and oxygen atoms in total. The summed E-state index contributed by atoms with van der Waals surface area (Å²) in [5.41, 5.74) is -0.755. The van der Waals surface area contributed by atoms with Crippen LogP contribution in [0.2, 0.25) is 0 Å². The molecule has 0 amide bonds. The van der Waals surface area contributed by atoms with E-state index >= 15 is 0 Å². The van der Waals surface area contributed by atoms with Crippen molar-refractivity contribution in [3.05, 3.63) is 0 Å². The van der Waals surface area contributed by atoms with Crippen LogP contribution in [-0.4, -0.2) is 45.8 Å². The number of aliphatic carboxylic acids is 3. The summed E-state index contributed by atoms with van der Waals surface area (Å²) < 4.78 is 0. The van der Waals surface area contributed by atoms with Crippen LogP contribution >= 0.6 is 0 Å². The molecule has 4 N–H and O–H groups in total. The zero-order chi connectivity index (χ0) is 14.2.